The highest BCUT2D eigenvalue weighted by atomic mass is 35.5. The van der Waals surface area contributed by atoms with E-state index in [1.54, 1.807) is 36.4 Å². The number of nitrogens with zero attached hydrogens (tertiary/aromatic N) is 2. The molecule has 0 unspecified atom stereocenters. The van der Waals surface area contributed by atoms with Gasteiger partial charge in [-0.3, -0.25) is 4.79 Å². The lowest BCUT2D eigenvalue weighted by molar-refractivity contribution is -0.135. The van der Waals surface area contributed by atoms with Crippen molar-refractivity contribution in [1.82, 2.24) is 5.01 Å². The van der Waals surface area contributed by atoms with Gasteiger partial charge in [0.15, 0.2) is 6.61 Å². The van der Waals surface area contributed by atoms with Gasteiger partial charge in [0.2, 0.25) is 18.0 Å². The summed E-state index contributed by atoms with van der Waals surface area (Å²) >= 11 is 12.0. The van der Waals surface area contributed by atoms with E-state index in [4.69, 9.17) is 32.7 Å². The second-order valence-electron chi connectivity index (χ2n) is 5.09. The summed E-state index contributed by atoms with van der Waals surface area (Å²) in [6, 6.07) is 14.1. The van der Waals surface area contributed by atoms with Gasteiger partial charge in [-0.1, -0.05) is 41.4 Å². The Morgan fingerprint density at radius 3 is 2.58 bits per heavy atom. The van der Waals surface area contributed by atoms with Crippen LogP contribution >= 0.6 is 23.2 Å². The summed E-state index contributed by atoms with van der Waals surface area (Å²) < 4.78 is 11.4. The van der Waals surface area contributed by atoms with Crippen molar-refractivity contribution in [2.24, 2.45) is 5.10 Å². The van der Waals surface area contributed by atoms with Crippen molar-refractivity contribution in [2.75, 3.05) is 6.61 Å². The molecule has 0 radical (unpaired) electrons. The highest BCUT2D eigenvalue weighted by molar-refractivity contribution is 6.31. The topological polar surface area (TPSA) is 51.1 Å². The Bertz CT molecular complexity index is 778. The molecule has 0 aliphatic carbocycles. The maximum atomic E-state index is 11.8. The monoisotopic (exact) mass is 364 g/mol. The largest absolute Gasteiger partial charge is 0.484 e. The van der Waals surface area contributed by atoms with Gasteiger partial charge in [0.25, 0.3) is 0 Å². The number of hydrogen-bond acceptors (Lipinski definition) is 4. The molecule has 0 spiro atoms. The Hall–Kier alpha value is -2.24. The van der Waals surface area contributed by atoms with Gasteiger partial charge in [0.05, 0.1) is 0 Å². The molecule has 5 nitrogen and oxygen atoms in total. The quantitative estimate of drug-likeness (QED) is 0.813. The summed E-state index contributed by atoms with van der Waals surface area (Å²) in [7, 11) is 0. The number of carbonyl (C=O) groups is 1. The standard InChI is InChI=1S/C17H14Cl2N2O3/c1-11(22)21-17(14-4-2-3-5-15(14)19)24-16(20-21)10-23-13-8-6-12(18)7-9-13/h2-9,17H,10H2,1H3/t17-/m0/s1. The summed E-state index contributed by atoms with van der Waals surface area (Å²) in [5, 5.41) is 6.57. The Morgan fingerprint density at radius 1 is 1.21 bits per heavy atom. The number of carbonyl (C=O) groups excluding carboxylic acids is 1. The molecule has 1 heterocycles. The van der Waals surface area contributed by atoms with Crippen LogP contribution in [0.25, 0.3) is 0 Å². The van der Waals surface area contributed by atoms with Crippen molar-refractivity contribution in [1.29, 1.82) is 0 Å². The minimum absolute atomic E-state index is 0.0896. The number of hydrazone groups is 1. The van der Waals surface area contributed by atoms with Crippen molar-refractivity contribution in [3.8, 4) is 5.75 Å². The number of amides is 1. The van der Waals surface area contributed by atoms with E-state index >= 15 is 0 Å². The molecule has 0 saturated heterocycles. The second kappa shape index (κ2) is 7.11. The first-order valence-corrected chi connectivity index (χ1v) is 7.97. The molecule has 0 bridgehead atoms. The Morgan fingerprint density at radius 2 is 1.92 bits per heavy atom. The maximum Gasteiger partial charge on any atom is 0.247 e. The Labute approximate surface area is 149 Å². The summed E-state index contributed by atoms with van der Waals surface area (Å²) in [5.74, 6) is 0.674. The molecule has 3 rings (SSSR count). The van der Waals surface area contributed by atoms with Crippen LogP contribution in [-0.4, -0.2) is 23.4 Å². The summed E-state index contributed by atoms with van der Waals surface area (Å²) in [6.45, 7) is 1.51. The number of benzene rings is 2. The molecule has 0 fully saturated rings. The van der Waals surface area contributed by atoms with E-state index < -0.39 is 6.23 Å². The highest BCUT2D eigenvalue weighted by Crippen LogP contribution is 2.32. The van der Waals surface area contributed by atoms with Crippen LogP contribution in [0.2, 0.25) is 10.0 Å². The molecule has 0 N–H and O–H groups in total. The van der Waals surface area contributed by atoms with Crippen molar-refractivity contribution < 1.29 is 14.3 Å². The van der Waals surface area contributed by atoms with Crippen LogP contribution in [0.15, 0.2) is 53.6 Å². The molecule has 1 aliphatic heterocycles. The van der Waals surface area contributed by atoms with Crippen LogP contribution in [0.1, 0.15) is 18.7 Å². The molecule has 2 aromatic rings. The van der Waals surface area contributed by atoms with Crippen molar-refractivity contribution in [3.63, 3.8) is 0 Å². The number of ether oxygens (including phenoxy) is 2. The van der Waals surface area contributed by atoms with Gasteiger partial charge in [-0.05, 0) is 30.3 Å². The van der Waals surface area contributed by atoms with Gasteiger partial charge in [0.1, 0.15) is 5.75 Å². The molecule has 0 saturated carbocycles. The fourth-order valence-electron chi connectivity index (χ4n) is 2.22. The van der Waals surface area contributed by atoms with Gasteiger partial charge in [-0.25, -0.2) is 0 Å². The van der Waals surface area contributed by atoms with Gasteiger partial charge >= 0.3 is 0 Å². The van der Waals surface area contributed by atoms with Crippen molar-refractivity contribution >= 4 is 35.0 Å². The molecule has 24 heavy (non-hydrogen) atoms. The lowest BCUT2D eigenvalue weighted by Gasteiger charge is -2.20. The third-order valence-electron chi connectivity index (χ3n) is 3.36. The van der Waals surface area contributed by atoms with E-state index in [1.165, 1.54) is 11.9 Å². The normalized spacial score (nSPS) is 16.5. The smallest absolute Gasteiger partial charge is 0.247 e. The Kier molecular flexibility index (Phi) is 4.92. The molecular weight excluding hydrogens is 351 g/mol. The average Bonchev–Trinajstić information content (AvgIpc) is 2.99. The first-order chi connectivity index (χ1) is 11.5. The van der Waals surface area contributed by atoms with Crippen LogP contribution in [0, 0.1) is 0 Å². The Balaban J connectivity index is 1.73. The van der Waals surface area contributed by atoms with Crippen LogP contribution in [0.3, 0.4) is 0 Å². The number of rotatable bonds is 4. The van der Waals surface area contributed by atoms with Gasteiger partial charge in [-0.15, -0.1) is 5.10 Å². The first kappa shape index (κ1) is 16.6. The minimum Gasteiger partial charge on any atom is -0.484 e. The predicted molar refractivity (Wildman–Crippen MR) is 92.2 cm³/mol. The minimum atomic E-state index is -0.694. The van der Waals surface area contributed by atoms with Crippen LogP contribution in [-0.2, 0) is 9.53 Å². The summed E-state index contributed by atoms with van der Waals surface area (Å²) in [5.41, 5.74) is 0.666. The second-order valence-corrected chi connectivity index (χ2v) is 5.94. The SMILES string of the molecule is CC(=O)N1N=C(COc2ccc(Cl)cc2)O[C@H]1c1ccccc1Cl. The van der Waals surface area contributed by atoms with Gasteiger partial charge in [-0.2, -0.15) is 5.01 Å². The van der Waals surface area contributed by atoms with Crippen LogP contribution in [0.4, 0.5) is 0 Å². The molecule has 1 atom stereocenters. The fraction of sp³-hybridized carbons (Fsp3) is 0.176. The van der Waals surface area contributed by atoms with Crippen molar-refractivity contribution in [3.05, 3.63) is 64.1 Å². The van der Waals surface area contributed by atoms with E-state index in [0.29, 0.717) is 27.3 Å². The van der Waals surface area contributed by atoms with Gasteiger partial charge < -0.3 is 9.47 Å². The van der Waals surface area contributed by atoms with E-state index in [9.17, 15) is 4.79 Å². The van der Waals surface area contributed by atoms with E-state index in [-0.39, 0.29) is 12.5 Å². The van der Waals surface area contributed by atoms with E-state index in [0.717, 1.165) is 0 Å². The third kappa shape index (κ3) is 3.63. The fourth-order valence-corrected chi connectivity index (χ4v) is 2.57. The third-order valence-corrected chi connectivity index (χ3v) is 3.96. The predicted octanol–water partition coefficient (Wildman–Crippen LogP) is 4.26. The molecule has 7 heteroatoms. The molecule has 2 aromatic carbocycles. The molecule has 1 aliphatic rings. The lowest BCUT2D eigenvalue weighted by Crippen LogP contribution is -2.25. The molecule has 0 aromatic heterocycles. The van der Waals surface area contributed by atoms with Crippen LogP contribution < -0.4 is 4.74 Å². The van der Waals surface area contributed by atoms with E-state index in [1.807, 2.05) is 12.1 Å². The highest BCUT2D eigenvalue weighted by Gasteiger charge is 2.33. The molecule has 124 valence electrons. The molecule has 1 amide bonds. The number of hydrogen-bond donors (Lipinski definition) is 0. The zero-order valence-electron chi connectivity index (χ0n) is 12.8. The first-order valence-electron chi connectivity index (χ1n) is 7.21. The number of halogens is 2. The molecular formula is C17H14Cl2N2O3. The zero-order valence-corrected chi connectivity index (χ0v) is 14.3. The zero-order chi connectivity index (χ0) is 17.1. The van der Waals surface area contributed by atoms with Gasteiger partial charge in [0, 0.05) is 22.5 Å². The average molecular weight is 365 g/mol. The summed E-state index contributed by atoms with van der Waals surface area (Å²) in [4.78, 5) is 11.8. The maximum absolute atomic E-state index is 11.8. The van der Waals surface area contributed by atoms with Crippen LogP contribution in [0.5, 0.6) is 5.75 Å². The lowest BCUT2D eigenvalue weighted by atomic mass is 10.2. The van der Waals surface area contributed by atoms with Crippen molar-refractivity contribution in [2.45, 2.75) is 13.2 Å². The summed E-state index contributed by atoms with van der Waals surface area (Å²) in [6.07, 6.45) is -0.694. The van der Waals surface area contributed by atoms with E-state index in [2.05, 4.69) is 5.10 Å².